The molecule has 0 aromatic carbocycles. The van der Waals surface area contributed by atoms with Crippen LogP contribution in [0.15, 0.2) is 23.2 Å². The van der Waals surface area contributed by atoms with E-state index in [-0.39, 0.29) is 11.5 Å². The Kier molecular flexibility index (Phi) is 5.70. The molecule has 0 aliphatic carbocycles. The first-order chi connectivity index (χ1) is 11.6. The minimum Gasteiger partial charge on any atom is -0.395 e. The highest BCUT2D eigenvalue weighted by atomic mass is 32.2. The largest absolute Gasteiger partial charge is 0.395 e. The third-order valence-corrected chi connectivity index (χ3v) is 6.63. The van der Waals surface area contributed by atoms with Gasteiger partial charge >= 0.3 is 0 Å². The third kappa shape index (κ3) is 3.88. The first-order valence-corrected chi connectivity index (χ1v) is 10.1. The summed E-state index contributed by atoms with van der Waals surface area (Å²) in [6.45, 7) is 5.69. The van der Waals surface area contributed by atoms with Crippen molar-refractivity contribution in [3.63, 3.8) is 0 Å². The molecule has 0 saturated carbocycles. The molecule has 0 unspecified atom stereocenters. The van der Waals surface area contributed by atoms with Gasteiger partial charge in [0.15, 0.2) is 0 Å². The molecule has 2 saturated heterocycles. The summed E-state index contributed by atoms with van der Waals surface area (Å²) in [5.41, 5.74) is 0. The van der Waals surface area contributed by atoms with E-state index in [1.165, 1.54) is 6.20 Å². The molecule has 0 amide bonds. The lowest BCUT2D eigenvalue weighted by Crippen LogP contribution is -2.32. The minimum atomic E-state index is -3.39. The maximum absolute atomic E-state index is 12.5. The Labute approximate surface area is 143 Å². The van der Waals surface area contributed by atoms with Crippen LogP contribution < -0.4 is 4.90 Å². The molecule has 2 fully saturated rings. The molecule has 1 aromatic heterocycles. The summed E-state index contributed by atoms with van der Waals surface area (Å²) in [5, 5.41) is 9.06. The monoisotopic (exact) mass is 354 g/mol. The average Bonchev–Trinajstić information content (AvgIpc) is 3.04. The van der Waals surface area contributed by atoms with Gasteiger partial charge in [-0.05, 0) is 37.9 Å². The van der Waals surface area contributed by atoms with Gasteiger partial charge in [-0.3, -0.25) is 4.90 Å². The molecule has 3 rings (SSSR count). The number of rotatable bonds is 5. The van der Waals surface area contributed by atoms with Gasteiger partial charge < -0.3 is 10.0 Å². The van der Waals surface area contributed by atoms with Crippen LogP contribution in [0.4, 0.5) is 5.82 Å². The van der Waals surface area contributed by atoms with Gasteiger partial charge in [0.2, 0.25) is 10.0 Å². The molecular formula is C16H26N4O3S. The molecule has 0 atom stereocenters. The van der Waals surface area contributed by atoms with E-state index in [0.29, 0.717) is 19.6 Å². The highest BCUT2D eigenvalue weighted by Crippen LogP contribution is 2.22. The number of aromatic nitrogens is 1. The lowest BCUT2D eigenvalue weighted by molar-refractivity contribution is 0.204. The molecule has 1 aromatic rings. The first-order valence-electron chi connectivity index (χ1n) is 8.65. The number of aliphatic hydroxyl groups excluding tert-OH is 1. The highest BCUT2D eigenvalue weighted by molar-refractivity contribution is 7.89. The first kappa shape index (κ1) is 17.6. The van der Waals surface area contributed by atoms with Gasteiger partial charge in [0.1, 0.15) is 10.7 Å². The minimum absolute atomic E-state index is 0.182. The van der Waals surface area contributed by atoms with Crippen molar-refractivity contribution in [2.75, 3.05) is 57.3 Å². The maximum atomic E-state index is 12.5. The van der Waals surface area contributed by atoms with Gasteiger partial charge in [-0.1, -0.05) is 0 Å². The number of aliphatic hydroxyl groups is 1. The topological polar surface area (TPSA) is 77.0 Å². The summed E-state index contributed by atoms with van der Waals surface area (Å²) in [5.74, 6) is 0.821. The van der Waals surface area contributed by atoms with E-state index in [4.69, 9.17) is 5.11 Å². The van der Waals surface area contributed by atoms with Crippen molar-refractivity contribution < 1.29 is 13.5 Å². The Bertz CT molecular complexity index is 629. The number of hydrogen-bond donors (Lipinski definition) is 1. The van der Waals surface area contributed by atoms with Gasteiger partial charge in [0.25, 0.3) is 0 Å². The van der Waals surface area contributed by atoms with Crippen molar-refractivity contribution in [2.24, 2.45) is 0 Å². The van der Waals surface area contributed by atoms with Gasteiger partial charge in [-0.25, -0.2) is 13.4 Å². The average molecular weight is 354 g/mol. The lowest BCUT2D eigenvalue weighted by atomic mass is 10.3. The van der Waals surface area contributed by atoms with Crippen molar-refractivity contribution in [3.8, 4) is 0 Å². The second-order valence-electron chi connectivity index (χ2n) is 6.37. The standard InChI is InChI=1S/C16H26N4O3S/c21-13-12-18-6-3-7-19(11-10-18)16-5-4-15(14-17-16)24(22,23)20-8-1-2-9-20/h4-5,14,21H,1-3,6-13H2. The molecule has 8 heteroatoms. The molecule has 1 N–H and O–H groups in total. The van der Waals surface area contributed by atoms with Crippen LogP contribution in [0.5, 0.6) is 0 Å². The van der Waals surface area contributed by atoms with Gasteiger partial charge in [-0.15, -0.1) is 0 Å². The number of nitrogens with zero attached hydrogens (tertiary/aromatic N) is 4. The summed E-state index contributed by atoms with van der Waals surface area (Å²) >= 11 is 0. The molecule has 0 radical (unpaired) electrons. The Hall–Kier alpha value is -1.22. The van der Waals surface area contributed by atoms with Gasteiger partial charge in [0, 0.05) is 45.5 Å². The Balaban J connectivity index is 1.68. The van der Waals surface area contributed by atoms with E-state index in [1.807, 2.05) is 6.07 Å². The smallest absolute Gasteiger partial charge is 0.244 e. The fourth-order valence-corrected chi connectivity index (χ4v) is 4.82. The fourth-order valence-electron chi connectivity index (χ4n) is 3.35. The molecule has 24 heavy (non-hydrogen) atoms. The van der Waals surface area contributed by atoms with E-state index in [0.717, 1.165) is 51.3 Å². The molecule has 2 aliphatic rings. The summed E-state index contributed by atoms with van der Waals surface area (Å²) in [7, 11) is -3.39. The zero-order valence-corrected chi connectivity index (χ0v) is 14.8. The van der Waals surface area contributed by atoms with E-state index in [9.17, 15) is 8.42 Å². The zero-order valence-electron chi connectivity index (χ0n) is 14.0. The van der Waals surface area contributed by atoms with Gasteiger partial charge in [0.05, 0.1) is 6.61 Å². The molecule has 0 spiro atoms. The molecule has 7 nitrogen and oxygen atoms in total. The van der Waals surface area contributed by atoms with Gasteiger partial charge in [-0.2, -0.15) is 4.31 Å². The van der Waals surface area contributed by atoms with Crippen molar-refractivity contribution in [2.45, 2.75) is 24.2 Å². The predicted molar refractivity (Wildman–Crippen MR) is 92.6 cm³/mol. The maximum Gasteiger partial charge on any atom is 0.244 e. The summed E-state index contributed by atoms with van der Waals surface area (Å²) in [6.07, 6.45) is 4.36. The highest BCUT2D eigenvalue weighted by Gasteiger charge is 2.27. The van der Waals surface area contributed by atoms with Crippen LogP contribution in [-0.4, -0.2) is 80.1 Å². The zero-order chi connectivity index (χ0) is 17.0. The molecular weight excluding hydrogens is 328 g/mol. The molecule has 134 valence electrons. The fraction of sp³-hybridized carbons (Fsp3) is 0.688. The van der Waals surface area contributed by atoms with E-state index in [2.05, 4.69) is 14.8 Å². The van der Waals surface area contributed by atoms with Crippen LogP contribution in [-0.2, 0) is 10.0 Å². The Morgan fingerprint density at radius 2 is 1.79 bits per heavy atom. The van der Waals surface area contributed by atoms with Crippen LogP contribution in [0.1, 0.15) is 19.3 Å². The number of β-amino-alcohol motifs (C(OH)–C–C–N with tert-alkyl or cyclic N) is 1. The third-order valence-electron chi connectivity index (χ3n) is 4.75. The van der Waals surface area contributed by atoms with Crippen molar-refractivity contribution in [1.29, 1.82) is 0 Å². The van der Waals surface area contributed by atoms with E-state index >= 15 is 0 Å². The van der Waals surface area contributed by atoms with Crippen LogP contribution in [0.3, 0.4) is 0 Å². The number of sulfonamides is 1. The van der Waals surface area contributed by atoms with Crippen LogP contribution in [0.2, 0.25) is 0 Å². The van der Waals surface area contributed by atoms with Crippen molar-refractivity contribution >= 4 is 15.8 Å². The van der Waals surface area contributed by atoms with E-state index < -0.39 is 10.0 Å². The molecule has 0 bridgehead atoms. The normalized spacial score (nSPS) is 21.1. The lowest BCUT2D eigenvalue weighted by Gasteiger charge is -2.23. The summed E-state index contributed by atoms with van der Waals surface area (Å²) in [4.78, 5) is 9.11. The SMILES string of the molecule is O=S(=O)(c1ccc(N2CCCN(CCO)CC2)nc1)N1CCCC1. The van der Waals surface area contributed by atoms with Crippen LogP contribution >= 0.6 is 0 Å². The summed E-state index contributed by atoms with van der Waals surface area (Å²) < 4.78 is 26.6. The van der Waals surface area contributed by atoms with E-state index in [1.54, 1.807) is 10.4 Å². The summed E-state index contributed by atoms with van der Waals surface area (Å²) in [6, 6.07) is 3.48. The van der Waals surface area contributed by atoms with Crippen LogP contribution in [0.25, 0.3) is 0 Å². The second kappa shape index (κ2) is 7.77. The van der Waals surface area contributed by atoms with Crippen molar-refractivity contribution in [3.05, 3.63) is 18.3 Å². The Morgan fingerprint density at radius 3 is 2.46 bits per heavy atom. The molecule has 2 aliphatic heterocycles. The predicted octanol–water partition coefficient (Wildman–Crippen LogP) is 0.370. The Morgan fingerprint density at radius 1 is 1.00 bits per heavy atom. The quantitative estimate of drug-likeness (QED) is 0.823. The second-order valence-corrected chi connectivity index (χ2v) is 8.31. The van der Waals surface area contributed by atoms with Crippen LogP contribution in [0, 0.1) is 0 Å². The number of anilines is 1. The molecule has 3 heterocycles. The number of pyridine rings is 1. The number of hydrogen-bond acceptors (Lipinski definition) is 6. The van der Waals surface area contributed by atoms with Crippen molar-refractivity contribution in [1.82, 2.24) is 14.2 Å².